The van der Waals surface area contributed by atoms with Gasteiger partial charge in [0.2, 0.25) is 0 Å². The number of rotatable bonds is 3. The third-order valence-electron chi connectivity index (χ3n) is 2.96. The summed E-state index contributed by atoms with van der Waals surface area (Å²) < 4.78 is 1.43. The van der Waals surface area contributed by atoms with E-state index in [0.717, 1.165) is 6.54 Å². The van der Waals surface area contributed by atoms with Crippen LogP contribution in [0, 0.1) is 2.88 Å². The highest BCUT2D eigenvalue weighted by molar-refractivity contribution is 14.1. The van der Waals surface area contributed by atoms with Gasteiger partial charge in [-0.2, -0.15) is 0 Å². The van der Waals surface area contributed by atoms with Gasteiger partial charge >= 0.3 is 0 Å². The molecule has 88 valence electrons. The molecule has 0 aliphatic heterocycles. The van der Waals surface area contributed by atoms with Crippen molar-refractivity contribution in [3.05, 3.63) is 31.0 Å². The van der Waals surface area contributed by atoms with Crippen molar-refractivity contribution < 1.29 is 0 Å². The quantitative estimate of drug-likeness (QED) is 0.636. The summed E-state index contributed by atoms with van der Waals surface area (Å²) in [6.45, 7) is 5.31. The fourth-order valence-electron chi connectivity index (χ4n) is 2.14. The Hall–Kier alpha value is 0.130. The van der Waals surface area contributed by atoms with Crippen LogP contribution in [0.3, 0.4) is 0 Å². The van der Waals surface area contributed by atoms with Crippen molar-refractivity contribution in [1.82, 2.24) is 5.32 Å². The normalized spacial score (nSPS) is 19.3. The molecule has 1 nitrogen and oxygen atoms in total. The van der Waals surface area contributed by atoms with E-state index in [1.54, 1.807) is 10.4 Å². The largest absolute Gasteiger partial charge is 0.306 e. The van der Waals surface area contributed by atoms with E-state index >= 15 is 0 Å². The van der Waals surface area contributed by atoms with Crippen molar-refractivity contribution in [2.24, 2.45) is 0 Å². The van der Waals surface area contributed by atoms with E-state index in [2.05, 4.69) is 53.9 Å². The van der Waals surface area contributed by atoms with Crippen molar-refractivity contribution in [1.29, 1.82) is 0 Å². The Morgan fingerprint density at radius 1 is 1.62 bits per heavy atom. The highest BCUT2D eigenvalue weighted by atomic mass is 127. The van der Waals surface area contributed by atoms with Gasteiger partial charge < -0.3 is 5.32 Å². The van der Waals surface area contributed by atoms with E-state index in [1.165, 1.54) is 27.7 Å². The van der Waals surface area contributed by atoms with Gasteiger partial charge in [0.05, 0.1) is 2.88 Å². The molecule has 1 aliphatic carbocycles. The van der Waals surface area contributed by atoms with Gasteiger partial charge in [-0.15, -0.1) is 11.3 Å². The molecule has 3 heteroatoms. The van der Waals surface area contributed by atoms with Crippen LogP contribution in [0.1, 0.15) is 43.2 Å². The fourth-order valence-corrected chi connectivity index (χ4v) is 4.26. The number of nitrogens with one attached hydrogen (secondary N) is 1. The third kappa shape index (κ3) is 3.08. The summed E-state index contributed by atoms with van der Waals surface area (Å²) >= 11 is 4.40. The molecule has 16 heavy (non-hydrogen) atoms. The van der Waals surface area contributed by atoms with Crippen LogP contribution in [0.4, 0.5) is 0 Å². The smallest absolute Gasteiger partial charge is 0.0659 e. The molecule has 0 bridgehead atoms. The average Bonchev–Trinajstić information content (AvgIpc) is 2.58. The van der Waals surface area contributed by atoms with Crippen LogP contribution in [0.15, 0.2) is 17.7 Å². The molecule has 1 unspecified atom stereocenters. The maximum atomic E-state index is 3.65. The van der Waals surface area contributed by atoms with Gasteiger partial charge in [0.15, 0.2) is 0 Å². The molecular weight excluding hydrogens is 329 g/mol. The SMILES string of the molecule is CC(C)=CCNC1CCCc2sc(I)cc21. The average molecular weight is 347 g/mol. The second-order valence-electron chi connectivity index (χ2n) is 4.56. The third-order valence-corrected chi connectivity index (χ3v) is 4.93. The Morgan fingerprint density at radius 2 is 2.44 bits per heavy atom. The van der Waals surface area contributed by atoms with Gasteiger partial charge in [0, 0.05) is 17.5 Å². The summed E-state index contributed by atoms with van der Waals surface area (Å²) in [5.41, 5.74) is 2.95. The molecule has 0 fully saturated rings. The molecule has 2 rings (SSSR count). The van der Waals surface area contributed by atoms with Crippen molar-refractivity contribution in [2.75, 3.05) is 6.54 Å². The minimum atomic E-state index is 0.583. The lowest BCUT2D eigenvalue weighted by Gasteiger charge is -2.23. The molecule has 0 spiro atoms. The molecule has 0 radical (unpaired) electrons. The predicted octanol–water partition coefficient (Wildman–Crippen LogP) is 4.29. The highest BCUT2D eigenvalue weighted by Gasteiger charge is 2.21. The first-order chi connectivity index (χ1) is 7.66. The molecule has 1 aliphatic rings. The van der Waals surface area contributed by atoms with E-state index in [9.17, 15) is 0 Å². The second-order valence-corrected chi connectivity index (χ2v) is 7.59. The van der Waals surface area contributed by atoms with Crippen LogP contribution in [0.5, 0.6) is 0 Å². The van der Waals surface area contributed by atoms with Crippen molar-refractivity contribution in [3.8, 4) is 0 Å². The number of halogens is 1. The predicted molar refractivity (Wildman–Crippen MR) is 80.1 cm³/mol. The van der Waals surface area contributed by atoms with E-state index < -0.39 is 0 Å². The fraction of sp³-hybridized carbons (Fsp3) is 0.538. The zero-order valence-electron chi connectivity index (χ0n) is 9.85. The second kappa shape index (κ2) is 5.65. The van der Waals surface area contributed by atoms with Gasteiger partial charge in [-0.1, -0.05) is 11.6 Å². The van der Waals surface area contributed by atoms with Crippen LogP contribution in [0.2, 0.25) is 0 Å². The molecule has 1 atom stereocenters. The summed E-state index contributed by atoms with van der Waals surface area (Å²) in [5.74, 6) is 0. The molecule has 0 amide bonds. The van der Waals surface area contributed by atoms with E-state index in [1.807, 2.05) is 11.3 Å². The molecule has 0 aromatic carbocycles. The number of hydrogen-bond acceptors (Lipinski definition) is 2. The first-order valence-electron chi connectivity index (χ1n) is 5.81. The highest BCUT2D eigenvalue weighted by Crippen LogP contribution is 2.36. The number of fused-ring (bicyclic) bond motifs is 1. The van der Waals surface area contributed by atoms with Crippen molar-refractivity contribution in [3.63, 3.8) is 0 Å². The molecule has 1 N–H and O–H groups in total. The number of hydrogen-bond donors (Lipinski definition) is 1. The lowest BCUT2D eigenvalue weighted by molar-refractivity contribution is 0.484. The Balaban J connectivity index is 2.04. The summed E-state index contributed by atoms with van der Waals surface area (Å²) in [6.07, 6.45) is 6.17. The zero-order valence-corrected chi connectivity index (χ0v) is 12.8. The van der Waals surface area contributed by atoms with Gasteiger partial charge in [0.25, 0.3) is 0 Å². The van der Waals surface area contributed by atoms with E-state index in [4.69, 9.17) is 0 Å². The molecule has 1 heterocycles. The van der Waals surface area contributed by atoms with Crippen LogP contribution in [-0.4, -0.2) is 6.54 Å². The first kappa shape index (κ1) is 12.6. The first-order valence-corrected chi connectivity index (χ1v) is 7.71. The Bertz CT molecular complexity index is 391. The van der Waals surface area contributed by atoms with Gasteiger partial charge in [-0.3, -0.25) is 0 Å². The van der Waals surface area contributed by atoms with Gasteiger partial charge in [-0.25, -0.2) is 0 Å². The Kier molecular flexibility index (Phi) is 4.44. The minimum absolute atomic E-state index is 0.583. The van der Waals surface area contributed by atoms with Crippen molar-refractivity contribution >= 4 is 33.9 Å². The molecule has 1 aromatic heterocycles. The summed E-state index contributed by atoms with van der Waals surface area (Å²) in [6, 6.07) is 2.94. The maximum Gasteiger partial charge on any atom is 0.0659 e. The Morgan fingerprint density at radius 3 is 3.19 bits per heavy atom. The molecule has 1 aromatic rings. The van der Waals surface area contributed by atoms with Gasteiger partial charge in [-0.05, 0) is 67.3 Å². The zero-order chi connectivity index (χ0) is 11.5. The van der Waals surface area contributed by atoms with Crippen LogP contribution >= 0.6 is 33.9 Å². The van der Waals surface area contributed by atoms with E-state index in [-0.39, 0.29) is 0 Å². The van der Waals surface area contributed by atoms with Crippen LogP contribution in [0.25, 0.3) is 0 Å². The molecule has 0 saturated heterocycles. The number of aryl methyl sites for hydroxylation is 1. The summed E-state index contributed by atoms with van der Waals surface area (Å²) in [4.78, 5) is 1.60. The number of thiophene rings is 1. The topological polar surface area (TPSA) is 12.0 Å². The van der Waals surface area contributed by atoms with Crippen molar-refractivity contribution in [2.45, 2.75) is 39.2 Å². The van der Waals surface area contributed by atoms with Gasteiger partial charge in [0.1, 0.15) is 0 Å². The summed E-state index contributed by atoms with van der Waals surface area (Å²) in [7, 11) is 0. The molecule has 0 saturated carbocycles. The lowest BCUT2D eigenvalue weighted by atomic mass is 9.94. The van der Waals surface area contributed by atoms with Crippen LogP contribution < -0.4 is 5.32 Å². The maximum absolute atomic E-state index is 3.65. The lowest BCUT2D eigenvalue weighted by Crippen LogP contribution is -2.24. The Labute approximate surface area is 115 Å². The monoisotopic (exact) mass is 347 g/mol. The van der Waals surface area contributed by atoms with Crippen LogP contribution in [-0.2, 0) is 6.42 Å². The molecular formula is C13H18INS. The standard InChI is InChI=1S/C13H18INS/c1-9(2)6-7-15-11-4-3-5-12-10(11)8-13(14)16-12/h6,8,11,15H,3-5,7H2,1-2H3. The minimum Gasteiger partial charge on any atom is -0.306 e. The number of allylic oxidation sites excluding steroid dienone is 1. The summed E-state index contributed by atoms with van der Waals surface area (Å²) in [5, 5.41) is 3.65. The van der Waals surface area contributed by atoms with E-state index in [0.29, 0.717) is 6.04 Å².